The van der Waals surface area contributed by atoms with Crippen molar-refractivity contribution in [1.82, 2.24) is 10.6 Å². The largest absolute Gasteiger partial charge is 0.353 e. The molecule has 0 spiro atoms. The van der Waals surface area contributed by atoms with E-state index in [1.165, 1.54) is 0 Å². The van der Waals surface area contributed by atoms with Gasteiger partial charge in [0.1, 0.15) is 0 Å². The molecule has 3 atom stereocenters. The fraction of sp³-hybridized carbons (Fsp3) is 0.947. The highest BCUT2D eigenvalue weighted by molar-refractivity contribution is 9.24. The molecular formula is C19H31Br3N2O. The smallest absolute Gasteiger partial charge is 0.228 e. The fourth-order valence-corrected chi connectivity index (χ4v) is 11.4. The van der Waals surface area contributed by atoms with Crippen LogP contribution in [0.25, 0.3) is 0 Å². The maximum atomic E-state index is 13.5. The molecule has 2 bridgehead atoms. The van der Waals surface area contributed by atoms with Crippen molar-refractivity contribution >= 4 is 53.7 Å². The minimum Gasteiger partial charge on any atom is -0.353 e. The minimum absolute atomic E-state index is 0.0382. The van der Waals surface area contributed by atoms with Crippen molar-refractivity contribution in [2.45, 2.75) is 92.9 Å². The van der Waals surface area contributed by atoms with Crippen LogP contribution in [0, 0.1) is 16.2 Å². The average molecular weight is 543 g/mol. The van der Waals surface area contributed by atoms with Crippen LogP contribution in [0.1, 0.15) is 67.2 Å². The minimum atomic E-state index is -0.314. The number of carbonyl (C=O) groups is 1. The highest BCUT2D eigenvalue weighted by Crippen LogP contribution is 2.82. The molecular weight excluding hydrogens is 512 g/mol. The van der Waals surface area contributed by atoms with E-state index >= 15 is 0 Å². The van der Waals surface area contributed by atoms with Crippen molar-refractivity contribution in [1.29, 1.82) is 0 Å². The lowest BCUT2D eigenvalue weighted by atomic mass is 9.43. The van der Waals surface area contributed by atoms with Gasteiger partial charge in [0, 0.05) is 27.4 Å². The number of rotatable bonds is 3. The summed E-state index contributed by atoms with van der Waals surface area (Å²) < 4.78 is 0.215. The van der Waals surface area contributed by atoms with E-state index in [4.69, 9.17) is 0 Å². The van der Waals surface area contributed by atoms with E-state index in [1.54, 1.807) is 0 Å². The number of alkyl halides is 3. The van der Waals surface area contributed by atoms with Crippen LogP contribution in [0.15, 0.2) is 0 Å². The van der Waals surface area contributed by atoms with E-state index in [1.807, 2.05) is 0 Å². The van der Waals surface area contributed by atoms with Crippen molar-refractivity contribution in [3.63, 3.8) is 0 Å². The van der Waals surface area contributed by atoms with Crippen molar-refractivity contribution in [3.8, 4) is 0 Å². The summed E-state index contributed by atoms with van der Waals surface area (Å²) in [6.07, 6.45) is 3.95. The molecule has 3 aliphatic carbocycles. The lowest BCUT2D eigenvalue weighted by Crippen LogP contribution is -2.73. The summed E-state index contributed by atoms with van der Waals surface area (Å²) in [7, 11) is 0. The number of hydrogen-bond donors (Lipinski definition) is 2. The first-order valence-corrected chi connectivity index (χ1v) is 12.0. The molecule has 1 heterocycles. The van der Waals surface area contributed by atoms with Gasteiger partial charge < -0.3 is 10.6 Å². The van der Waals surface area contributed by atoms with Gasteiger partial charge in [0.2, 0.25) is 5.91 Å². The Morgan fingerprint density at radius 3 is 1.96 bits per heavy atom. The first-order valence-electron chi connectivity index (χ1n) is 9.24. The SMILES string of the molecule is CC1(C)CC(NC(=O)[C@]23CC[C@](C(Br)Br)([C@@H]2Br)C3(C)C)CC(C)(C)N1. The van der Waals surface area contributed by atoms with Gasteiger partial charge in [-0.25, -0.2) is 0 Å². The molecule has 0 aromatic rings. The number of hydrogen-bond acceptors (Lipinski definition) is 2. The monoisotopic (exact) mass is 540 g/mol. The average Bonchev–Trinajstić information content (AvgIpc) is 2.84. The number of amides is 1. The number of fused-ring (bicyclic) bond motifs is 1. The third-order valence-corrected chi connectivity index (χ3v) is 10.6. The Balaban J connectivity index is 1.81. The van der Waals surface area contributed by atoms with Crippen LogP contribution in [0.4, 0.5) is 0 Å². The summed E-state index contributed by atoms with van der Waals surface area (Å²) in [5.41, 5.74) is -0.204. The maximum absolute atomic E-state index is 13.5. The van der Waals surface area contributed by atoms with Gasteiger partial charge in [0.25, 0.3) is 0 Å². The third-order valence-electron chi connectivity index (χ3n) is 7.42. The van der Waals surface area contributed by atoms with E-state index in [0.29, 0.717) is 0 Å². The van der Waals surface area contributed by atoms with Crippen LogP contribution in [0.3, 0.4) is 0 Å². The Bertz CT molecular complexity index is 573. The van der Waals surface area contributed by atoms with Gasteiger partial charge in [-0.05, 0) is 58.8 Å². The second-order valence-electron chi connectivity index (χ2n) is 10.3. The van der Waals surface area contributed by atoms with Crippen molar-refractivity contribution in [2.75, 3.05) is 0 Å². The molecule has 4 aliphatic rings. The fourth-order valence-electron chi connectivity index (χ4n) is 6.44. The summed E-state index contributed by atoms with van der Waals surface area (Å²) >= 11 is 11.4. The second-order valence-corrected chi connectivity index (χ2v) is 14.2. The summed E-state index contributed by atoms with van der Waals surface area (Å²) in [6, 6.07) is 0.225. The normalized spacial score (nSPS) is 41.4. The number of halogens is 3. The highest BCUT2D eigenvalue weighted by Gasteiger charge is 2.83. The van der Waals surface area contributed by atoms with Crippen molar-refractivity contribution < 1.29 is 4.79 Å². The second kappa shape index (κ2) is 5.93. The zero-order valence-corrected chi connectivity index (χ0v) is 20.9. The quantitative estimate of drug-likeness (QED) is 0.487. The molecule has 3 saturated carbocycles. The van der Waals surface area contributed by atoms with Crippen molar-refractivity contribution in [3.05, 3.63) is 0 Å². The molecule has 0 unspecified atom stereocenters. The molecule has 0 radical (unpaired) electrons. The molecule has 144 valence electrons. The van der Waals surface area contributed by atoms with Crippen LogP contribution in [0.5, 0.6) is 0 Å². The lowest BCUT2D eigenvalue weighted by Gasteiger charge is -2.66. The van der Waals surface area contributed by atoms with Gasteiger partial charge in [-0.3, -0.25) is 4.79 Å². The van der Waals surface area contributed by atoms with Crippen LogP contribution in [0.2, 0.25) is 0 Å². The van der Waals surface area contributed by atoms with E-state index in [9.17, 15) is 4.79 Å². The van der Waals surface area contributed by atoms with Gasteiger partial charge >= 0.3 is 0 Å². The highest BCUT2D eigenvalue weighted by atomic mass is 79.9. The van der Waals surface area contributed by atoms with E-state index in [0.717, 1.165) is 25.7 Å². The maximum Gasteiger partial charge on any atom is 0.228 e. The van der Waals surface area contributed by atoms with Gasteiger partial charge in [0.05, 0.1) is 9.15 Å². The molecule has 3 nitrogen and oxygen atoms in total. The lowest BCUT2D eigenvalue weighted by molar-refractivity contribution is -0.162. The number of piperidine rings is 1. The molecule has 25 heavy (non-hydrogen) atoms. The Labute approximate surface area is 177 Å². The zero-order valence-electron chi connectivity index (χ0n) is 16.1. The molecule has 0 aromatic heterocycles. The zero-order chi connectivity index (χ0) is 19.1. The topological polar surface area (TPSA) is 41.1 Å². The third kappa shape index (κ3) is 2.66. The Morgan fingerprint density at radius 2 is 1.56 bits per heavy atom. The molecule has 1 saturated heterocycles. The molecule has 0 aromatic carbocycles. The molecule has 4 rings (SSSR count). The van der Waals surface area contributed by atoms with Crippen LogP contribution < -0.4 is 10.6 Å². The Morgan fingerprint density at radius 1 is 1.04 bits per heavy atom. The summed E-state index contributed by atoms with van der Waals surface area (Å²) in [4.78, 5) is 13.7. The Kier molecular flexibility index (Phi) is 4.89. The number of nitrogens with one attached hydrogen (secondary N) is 2. The first-order chi connectivity index (χ1) is 11.2. The summed E-state index contributed by atoms with van der Waals surface area (Å²) in [5.74, 6) is 0.242. The molecule has 1 aliphatic heterocycles. The predicted molar refractivity (Wildman–Crippen MR) is 115 cm³/mol. The molecule has 1 amide bonds. The summed E-state index contributed by atoms with van der Waals surface area (Å²) in [6.45, 7) is 13.4. The first kappa shape index (κ1) is 20.6. The van der Waals surface area contributed by atoms with E-state index in [-0.39, 0.29) is 47.8 Å². The molecule has 4 fully saturated rings. The molecule has 2 N–H and O–H groups in total. The van der Waals surface area contributed by atoms with E-state index in [2.05, 4.69) is 100.0 Å². The van der Waals surface area contributed by atoms with Crippen molar-refractivity contribution in [2.24, 2.45) is 16.2 Å². The van der Waals surface area contributed by atoms with Gasteiger partial charge in [-0.2, -0.15) is 0 Å². The van der Waals surface area contributed by atoms with Crippen LogP contribution in [-0.4, -0.2) is 31.6 Å². The predicted octanol–water partition coefficient (Wildman–Crippen LogP) is 5.10. The number of carbonyl (C=O) groups excluding carboxylic acids is 1. The van der Waals surface area contributed by atoms with Crippen LogP contribution >= 0.6 is 47.8 Å². The molecule has 6 heteroatoms. The van der Waals surface area contributed by atoms with Gasteiger partial charge in [-0.1, -0.05) is 61.6 Å². The van der Waals surface area contributed by atoms with Gasteiger partial charge in [-0.15, -0.1) is 0 Å². The Hall–Kier alpha value is 0.870. The standard InChI is InChI=1S/C19H31Br3N2O/c1-15(2)9-11(10-16(3,4)24-15)23-14(25)19-8-7-18(12(19)20,13(21)22)17(19,5)6/h11-13,24H,7-10H2,1-6H3,(H,23,25)/t12-,18+,19-/m0/s1. The summed E-state index contributed by atoms with van der Waals surface area (Å²) in [5, 5.41) is 7.15. The van der Waals surface area contributed by atoms with E-state index < -0.39 is 0 Å². The van der Waals surface area contributed by atoms with Gasteiger partial charge in [0.15, 0.2) is 0 Å². The van der Waals surface area contributed by atoms with Crippen LogP contribution in [-0.2, 0) is 4.79 Å².